The number of carbonyl (C=O) groups excluding carboxylic acids is 1. The molecular weight excluding hydrogens is 489 g/mol. The molecule has 4 heterocycles. The Balaban J connectivity index is 1.22. The van der Waals surface area contributed by atoms with E-state index in [1.165, 1.54) is 12.1 Å². The molecule has 4 aromatic rings. The van der Waals surface area contributed by atoms with Gasteiger partial charge in [0.15, 0.2) is 5.82 Å². The quantitative estimate of drug-likeness (QED) is 0.378. The molecule has 2 aliphatic rings. The van der Waals surface area contributed by atoms with Gasteiger partial charge in [-0.25, -0.2) is 4.39 Å². The molecule has 38 heavy (non-hydrogen) atoms. The van der Waals surface area contributed by atoms with Gasteiger partial charge in [0.1, 0.15) is 5.82 Å². The highest BCUT2D eigenvalue weighted by molar-refractivity contribution is 5.80. The lowest BCUT2D eigenvalue weighted by Gasteiger charge is -2.36. The number of ether oxygens (including phenoxy) is 1. The van der Waals surface area contributed by atoms with Gasteiger partial charge < -0.3 is 9.64 Å². The summed E-state index contributed by atoms with van der Waals surface area (Å²) in [6.07, 6.45) is 0. The summed E-state index contributed by atoms with van der Waals surface area (Å²) in [5, 5.41) is 9.46. The molecule has 0 unspecified atom stereocenters. The number of amides is 1. The largest absolute Gasteiger partial charge is 0.379 e. The van der Waals surface area contributed by atoms with Crippen molar-refractivity contribution in [1.82, 2.24) is 33.9 Å². The third kappa shape index (κ3) is 4.92. The number of benzene rings is 2. The highest BCUT2D eigenvalue weighted by atomic mass is 19.1. The molecule has 0 spiro atoms. The molecule has 0 radical (unpaired) electrons. The second-order valence-corrected chi connectivity index (χ2v) is 9.83. The lowest BCUT2D eigenvalue weighted by Crippen LogP contribution is -2.52. The Morgan fingerprint density at radius 2 is 1.61 bits per heavy atom. The van der Waals surface area contributed by atoms with E-state index in [9.17, 15) is 14.0 Å². The number of hydrogen-bond acceptors (Lipinski definition) is 7. The van der Waals surface area contributed by atoms with Crippen molar-refractivity contribution in [2.24, 2.45) is 0 Å². The molecule has 2 aliphatic heterocycles. The van der Waals surface area contributed by atoms with E-state index in [2.05, 4.69) is 20.0 Å². The van der Waals surface area contributed by atoms with Crippen LogP contribution in [0.15, 0.2) is 53.3 Å². The molecule has 11 heteroatoms. The maximum absolute atomic E-state index is 13.4. The topological polar surface area (TPSA) is 88.2 Å². The monoisotopic (exact) mass is 519 g/mol. The van der Waals surface area contributed by atoms with E-state index >= 15 is 0 Å². The maximum atomic E-state index is 13.4. The molecule has 2 saturated heterocycles. The first-order chi connectivity index (χ1) is 18.6. The van der Waals surface area contributed by atoms with Gasteiger partial charge in [-0.1, -0.05) is 24.3 Å². The number of morpholine rings is 1. The van der Waals surface area contributed by atoms with Crippen LogP contribution in [0, 0.1) is 5.82 Å². The van der Waals surface area contributed by atoms with Crippen LogP contribution >= 0.6 is 0 Å². The van der Waals surface area contributed by atoms with E-state index in [-0.39, 0.29) is 23.8 Å². The Morgan fingerprint density at radius 3 is 2.37 bits per heavy atom. The third-order valence-electron chi connectivity index (χ3n) is 7.38. The lowest BCUT2D eigenvalue weighted by atomic mass is 10.2. The zero-order valence-corrected chi connectivity index (χ0v) is 21.1. The van der Waals surface area contributed by atoms with Crippen LogP contribution in [-0.2, 0) is 22.6 Å². The molecule has 2 aromatic carbocycles. The van der Waals surface area contributed by atoms with Gasteiger partial charge in [0, 0.05) is 39.3 Å². The number of piperazine rings is 1. The predicted octanol–water partition coefficient (Wildman–Crippen LogP) is 1.21. The highest BCUT2D eigenvalue weighted by Gasteiger charge is 2.25. The Labute approximate surface area is 218 Å². The Kier molecular flexibility index (Phi) is 6.88. The van der Waals surface area contributed by atoms with Gasteiger partial charge >= 0.3 is 0 Å². The van der Waals surface area contributed by atoms with E-state index in [1.54, 1.807) is 22.8 Å². The first-order valence-corrected chi connectivity index (χ1v) is 13.0. The summed E-state index contributed by atoms with van der Waals surface area (Å²) in [7, 11) is 0. The molecule has 0 atom stereocenters. The Bertz CT molecular complexity index is 1500. The van der Waals surface area contributed by atoms with Crippen LogP contribution in [0.3, 0.4) is 0 Å². The van der Waals surface area contributed by atoms with Crippen LogP contribution in [-0.4, -0.2) is 98.8 Å². The van der Waals surface area contributed by atoms with Crippen LogP contribution in [0.5, 0.6) is 0 Å². The minimum atomic E-state index is -0.322. The van der Waals surface area contributed by atoms with Crippen molar-refractivity contribution in [3.63, 3.8) is 0 Å². The van der Waals surface area contributed by atoms with Crippen molar-refractivity contribution in [1.29, 1.82) is 0 Å². The summed E-state index contributed by atoms with van der Waals surface area (Å²) >= 11 is 0. The summed E-state index contributed by atoms with van der Waals surface area (Å²) in [5.74, 6) is 1.03. The van der Waals surface area contributed by atoms with Crippen LogP contribution in [0.1, 0.15) is 11.4 Å². The normalized spacial score (nSPS) is 17.4. The second kappa shape index (κ2) is 10.6. The molecule has 10 nitrogen and oxygen atoms in total. The molecule has 2 fully saturated rings. The molecule has 0 N–H and O–H groups in total. The van der Waals surface area contributed by atoms with E-state index in [0.717, 1.165) is 43.1 Å². The minimum Gasteiger partial charge on any atom is -0.379 e. The van der Waals surface area contributed by atoms with Gasteiger partial charge in [-0.15, -0.1) is 10.2 Å². The molecule has 0 bridgehead atoms. The van der Waals surface area contributed by atoms with Crippen LogP contribution in [0.25, 0.3) is 16.7 Å². The fourth-order valence-corrected chi connectivity index (χ4v) is 5.24. The maximum Gasteiger partial charge on any atom is 0.263 e. The Morgan fingerprint density at radius 1 is 0.868 bits per heavy atom. The van der Waals surface area contributed by atoms with Crippen LogP contribution in [0.2, 0.25) is 0 Å². The first-order valence-electron chi connectivity index (χ1n) is 13.0. The predicted molar refractivity (Wildman–Crippen MR) is 139 cm³/mol. The van der Waals surface area contributed by atoms with Crippen molar-refractivity contribution < 1.29 is 13.9 Å². The molecule has 2 aromatic heterocycles. The number of aromatic nitrogens is 4. The summed E-state index contributed by atoms with van der Waals surface area (Å²) < 4.78 is 22.3. The van der Waals surface area contributed by atoms with Crippen LogP contribution < -0.4 is 5.56 Å². The van der Waals surface area contributed by atoms with Gasteiger partial charge in [0.25, 0.3) is 5.56 Å². The molecular formula is C27H30FN7O3. The van der Waals surface area contributed by atoms with E-state index in [4.69, 9.17) is 4.74 Å². The van der Waals surface area contributed by atoms with Crippen molar-refractivity contribution in [3.05, 3.63) is 76.1 Å². The lowest BCUT2D eigenvalue weighted by molar-refractivity contribution is -0.135. The van der Waals surface area contributed by atoms with Gasteiger partial charge in [-0.2, -0.15) is 0 Å². The zero-order chi connectivity index (χ0) is 26.1. The number of para-hydroxylation sites is 1. The smallest absolute Gasteiger partial charge is 0.263 e. The van der Waals surface area contributed by atoms with Gasteiger partial charge in [0.05, 0.1) is 43.8 Å². The summed E-state index contributed by atoms with van der Waals surface area (Å²) in [5.41, 5.74) is 1.39. The standard InChI is InChI=1S/C27H30FN7O3/c28-21-7-5-20(6-8-21)17-34-26(37)22-3-1-2-4-23(22)35-24(29-30-27(34)35)18-31-9-11-33(12-10-31)25(36)19-32-13-15-38-16-14-32/h1-8H,9-19H2. The van der Waals surface area contributed by atoms with Gasteiger partial charge in [0.2, 0.25) is 11.7 Å². The SMILES string of the molecule is O=C(CN1CCOCC1)N1CCN(Cc2nnc3n(Cc4ccc(F)cc4)c(=O)c4ccccc4n23)CC1. The van der Waals surface area contributed by atoms with Crippen molar-refractivity contribution in [2.75, 3.05) is 59.0 Å². The third-order valence-corrected chi connectivity index (χ3v) is 7.38. The number of rotatable bonds is 6. The van der Waals surface area contributed by atoms with Crippen molar-refractivity contribution in [3.8, 4) is 0 Å². The molecule has 0 saturated carbocycles. The van der Waals surface area contributed by atoms with Gasteiger partial charge in [-0.3, -0.25) is 28.4 Å². The van der Waals surface area contributed by atoms with Crippen molar-refractivity contribution in [2.45, 2.75) is 13.1 Å². The fourth-order valence-electron chi connectivity index (χ4n) is 5.24. The molecule has 1 amide bonds. The van der Waals surface area contributed by atoms with Crippen LogP contribution in [0.4, 0.5) is 4.39 Å². The Hall–Kier alpha value is -3.67. The number of carbonyl (C=O) groups is 1. The summed E-state index contributed by atoms with van der Waals surface area (Å²) in [4.78, 5) is 32.5. The van der Waals surface area contributed by atoms with Gasteiger partial charge in [-0.05, 0) is 29.8 Å². The highest BCUT2D eigenvalue weighted by Crippen LogP contribution is 2.18. The van der Waals surface area contributed by atoms with Crippen molar-refractivity contribution >= 4 is 22.6 Å². The summed E-state index contributed by atoms with van der Waals surface area (Å²) in [6, 6.07) is 13.6. The molecule has 198 valence electrons. The average molecular weight is 520 g/mol. The second-order valence-electron chi connectivity index (χ2n) is 9.83. The van der Waals surface area contributed by atoms with E-state index in [0.29, 0.717) is 50.6 Å². The molecule has 6 rings (SSSR count). The minimum absolute atomic E-state index is 0.162. The van der Waals surface area contributed by atoms with E-state index in [1.807, 2.05) is 27.5 Å². The average Bonchev–Trinajstić information content (AvgIpc) is 3.36. The zero-order valence-electron chi connectivity index (χ0n) is 21.1. The number of nitrogens with zero attached hydrogens (tertiary/aromatic N) is 7. The fraction of sp³-hybridized carbons (Fsp3) is 0.407. The molecule has 0 aliphatic carbocycles. The first kappa shape index (κ1) is 24.7. The number of halogens is 1. The number of hydrogen-bond donors (Lipinski definition) is 0. The summed E-state index contributed by atoms with van der Waals surface area (Å²) in [6.45, 7) is 6.99. The van der Waals surface area contributed by atoms with E-state index < -0.39 is 0 Å². The number of fused-ring (bicyclic) bond motifs is 3.